The summed E-state index contributed by atoms with van der Waals surface area (Å²) in [5.74, 6) is 0.141. The Hall–Kier alpha value is -1.43. The van der Waals surface area contributed by atoms with Gasteiger partial charge in [-0.15, -0.1) is 11.3 Å². The van der Waals surface area contributed by atoms with Crippen LogP contribution in [0.25, 0.3) is 10.1 Å². The van der Waals surface area contributed by atoms with Crippen LogP contribution in [0.2, 0.25) is 0 Å². The van der Waals surface area contributed by atoms with E-state index in [4.69, 9.17) is 0 Å². The molecule has 1 aromatic carbocycles. The van der Waals surface area contributed by atoms with E-state index in [-0.39, 0.29) is 11.9 Å². The van der Waals surface area contributed by atoms with Gasteiger partial charge in [0, 0.05) is 43.5 Å². The second kappa shape index (κ2) is 8.30. The van der Waals surface area contributed by atoms with E-state index in [0.717, 1.165) is 44.7 Å². The van der Waals surface area contributed by atoms with Crippen LogP contribution in [0.4, 0.5) is 0 Å². The fourth-order valence-electron chi connectivity index (χ4n) is 3.40. The van der Waals surface area contributed by atoms with E-state index in [2.05, 4.69) is 59.6 Å². The van der Waals surface area contributed by atoms with Gasteiger partial charge in [-0.05, 0) is 42.8 Å². The third-order valence-corrected chi connectivity index (χ3v) is 6.10. The molecule has 0 aliphatic carbocycles. The van der Waals surface area contributed by atoms with Crippen molar-refractivity contribution in [3.8, 4) is 0 Å². The third-order valence-electron chi connectivity index (χ3n) is 5.09. The standard InChI is InChI=1S/C20H29N3OS/c1-4-17(13-23-9-7-22(3)8-10-23)21-20(24)12-16-14-25-19-6-5-15(2)11-18(16)19/h5-6,11,14,17H,4,7-10,12-13H2,1-3H3,(H,21,24). The number of carbonyl (C=O) groups excluding carboxylic acids is 1. The van der Waals surface area contributed by atoms with Crippen molar-refractivity contribution >= 4 is 27.3 Å². The molecule has 0 radical (unpaired) electrons. The largest absolute Gasteiger partial charge is 0.352 e. The minimum atomic E-state index is 0.141. The molecule has 1 fully saturated rings. The van der Waals surface area contributed by atoms with Gasteiger partial charge in [0.1, 0.15) is 0 Å². The van der Waals surface area contributed by atoms with Crippen molar-refractivity contribution in [3.05, 3.63) is 34.7 Å². The first-order chi connectivity index (χ1) is 12.0. The van der Waals surface area contributed by atoms with Gasteiger partial charge < -0.3 is 10.2 Å². The molecule has 0 saturated carbocycles. The average molecular weight is 360 g/mol. The number of piperazine rings is 1. The van der Waals surface area contributed by atoms with Crippen LogP contribution in [-0.4, -0.2) is 61.5 Å². The van der Waals surface area contributed by atoms with Gasteiger partial charge in [-0.3, -0.25) is 9.69 Å². The summed E-state index contributed by atoms with van der Waals surface area (Å²) in [6, 6.07) is 6.71. The lowest BCUT2D eigenvalue weighted by atomic mass is 10.1. The predicted octanol–water partition coefficient (Wildman–Crippen LogP) is 2.89. The molecule has 1 amide bonds. The Bertz CT molecular complexity index is 719. The number of nitrogens with zero attached hydrogens (tertiary/aromatic N) is 2. The van der Waals surface area contributed by atoms with E-state index in [9.17, 15) is 4.79 Å². The summed E-state index contributed by atoms with van der Waals surface area (Å²) in [5, 5.41) is 6.61. The van der Waals surface area contributed by atoms with Crippen molar-refractivity contribution < 1.29 is 4.79 Å². The number of fused-ring (bicyclic) bond motifs is 1. The zero-order valence-corrected chi connectivity index (χ0v) is 16.4. The first-order valence-corrected chi connectivity index (χ1v) is 10.1. The van der Waals surface area contributed by atoms with Crippen LogP contribution >= 0.6 is 11.3 Å². The van der Waals surface area contributed by atoms with E-state index in [1.807, 2.05) is 0 Å². The maximum atomic E-state index is 12.6. The minimum absolute atomic E-state index is 0.141. The summed E-state index contributed by atoms with van der Waals surface area (Å²) in [5.41, 5.74) is 2.39. The van der Waals surface area contributed by atoms with Gasteiger partial charge in [-0.2, -0.15) is 0 Å². The molecule has 5 heteroatoms. The first-order valence-electron chi connectivity index (χ1n) is 9.22. The molecular formula is C20H29N3OS. The molecule has 1 aliphatic heterocycles. The van der Waals surface area contributed by atoms with Crippen molar-refractivity contribution in [2.45, 2.75) is 32.7 Å². The fourth-order valence-corrected chi connectivity index (χ4v) is 4.35. The minimum Gasteiger partial charge on any atom is -0.352 e. The molecule has 1 aliphatic rings. The van der Waals surface area contributed by atoms with Crippen LogP contribution < -0.4 is 5.32 Å². The molecule has 0 bridgehead atoms. The maximum Gasteiger partial charge on any atom is 0.224 e. The number of carbonyl (C=O) groups is 1. The number of aryl methyl sites for hydroxylation is 1. The highest BCUT2D eigenvalue weighted by molar-refractivity contribution is 7.17. The van der Waals surface area contributed by atoms with Crippen molar-refractivity contribution in [1.82, 2.24) is 15.1 Å². The lowest BCUT2D eigenvalue weighted by Crippen LogP contribution is -2.50. The lowest BCUT2D eigenvalue weighted by molar-refractivity contribution is -0.121. The molecule has 1 N–H and O–H groups in total. The molecular weight excluding hydrogens is 330 g/mol. The van der Waals surface area contributed by atoms with Crippen molar-refractivity contribution in [1.29, 1.82) is 0 Å². The summed E-state index contributed by atoms with van der Waals surface area (Å²) >= 11 is 1.73. The molecule has 4 nitrogen and oxygen atoms in total. The molecule has 2 heterocycles. The van der Waals surface area contributed by atoms with Gasteiger partial charge in [-0.1, -0.05) is 24.6 Å². The van der Waals surface area contributed by atoms with Crippen LogP contribution in [0, 0.1) is 6.92 Å². The Morgan fingerprint density at radius 1 is 1.28 bits per heavy atom. The molecule has 2 aromatic rings. The van der Waals surface area contributed by atoms with E-state index < -0.39 is 0 Å². The third kappa shape index (κ3) is 4.81. The zero-order valence-electron chi connectivity index (χ0n) is 15.5. The number of benzene rings is 1. The van der Waals surface area contributed by atoms with Crippen LogP contribution in [0.3, 0.4) is 0 Å². The summed E-state index contributed by atoms with van der Waals surface area (Å²) in [6.07, 6.45) is 1.45. The van der Waals surface area contributed by atoms with Crippen molar-refractivity contribution in [2.24, 2.45) is 0 Å². The second-order valence-corrected chi connectivity index (χ2v) is 8.13. The van der Waals surface area contributed by atoms with Crippen LogP contribution in [0.15, 0.2) is 23.6 Å². The van der Waals surface area contributed by atoms with Crippen LogP contribution in [-0.2, 0) is 11.2 Å². The highest BCUT2D eigenvalue weighted by atomic mass is 32.1. The smallest absolute Gasteiger partial charge is 0.224 e. The van der Waals surface area contributed by atoms with E-state index in [0.29, 0.717) is 6.42 Å². The van der Waals surface area contributed by atoms with Gasteiger partial charge in [0.25, 0.3) is 0 Å². The normalized spacial score (nSPS) is 17.7. The van der Waals surface area contributed by atoms with E-state index >= 15 is 0 Å². The van der Waals surface area contributed by atoms with Gasteiger partial charge in [0.2, 0.25) is 5.91 Å². The Morgan fingerprint density at radius 2 is 2.04 bits per heavy atom. The van der Waals surface area contributed by atoms with Crippen molar-refractivity contribution in [2.75, 3.05) is 39.8 Å². The summed E-state index contributed by atoms with van der Waals surface area (Å²) < 4.78 is 1.26. The number of hydrogen-bond donors (Lipinski definition) is 1. The van der Waals surface area contributed by atoms with Gasteiger partial charge in [-0.25, -0.2) is 0 Å². The topological polar surface area (TPSA) is 35.6 Å². The average Bonchev–Trinajstić information content (AvgIpc) is 2.98. The summed E-state index contributed by atoms with van der Waals surface area (Å²) in [7, 11) is 2.17. The Kier molecular flexibility index (Phi) is 6.10. The monoisotopic (exact) mass is 359 g/mol. The quantitative estimate of drug-likeness (QED) is 0.861. The van der Waals surface area contributed by atoms with Gasteiger partial charge in [0.15, 0.2) is 0 Å². The number of nitrogens with one attached hydrogen (secondary N) is 1. The number of rotatable bonds is 6. The molecule has 0 spiro atoms. The summed E-state index contributed by atoms with van der Waals surface area (Å²) in [6.45, 7) is 9.64. The Labute approximate surface area is 154 Å². The number of amides is 1. The molecule has 1 unspecified atom stereocenters. The Balaban J connectivity index is 1.57. The van der Waals surface area contributed by atoms with Gasteiger partial charge >= 0.3 is 0 Å². The second-order valence-electron chi connectivity index (χ2n) is 7.21. The number of thiophene rings is 1. The molecule has 1 saturated heterocycles. The van der Waals surface area contributed by atoms with Crippen molar-refractivity contribution in [3.63, 3.8) is 0 Å². The molecule has 136 valence electrons. The fraction of sp³-hybridized carbons (Fsp3) is 0.550. The Morgan fingerprint density at radius 3 is 2.76 bits per heavy atom. The maximum absolute atomic E-state index is 12.6. The zero-order chi connectivity index (χ0) is 17.8. The highest BCUT2D eigenvalue weighted by Gasteiger charge is 2.19. The first kappa shape index (κ1) is 18.4. The lowest BCUT2D eigenvalue weighted by Gasteiger charge is -2.34. The SMILES string of the molecule is CCC(CN1CCN(C)CC1)NC(=O)Cc1csc2ccc(C)cc12. The van der Waals surface area contributed by atoms with Crippen LogP contribution in [0.5, 0.6) is 0 Å². The van der Waals surface area contributed by atoms with Gasteiger partial charge in [0.05, 0.1) is 6.42 Å². The van der Waals surface area contributed by atoms with Crippen LogP contribution in [0.1, 0.15) is 24.5 Å². The van der Waals surface area contributed by atoms with E-state index in [1.54, 1.807) is 11.3 Å². The number of likely N-dealkylation sites (N-methyl/N-ethyl adjacent to an activating group) is 1. The molecule has 25 heavy (non-hydrogen) atoms. The highest BCUT2D eigenvalue weighted by Crippen LogP contribution is 2.27. The predicted molar refractivity (Wildman–Crippen MR) is 106 cm³/mol. The summed E-state index contributed by atoms with van der Waals surface area (Å²) in [4.78, 5) is 17.4. The van der Waals surface area contributed by atoms with E-state index in [1.165, 1.54) is 15.6 Å². The molecule has 1 atom stereocenters. The molecule has 1 aromatic heterocycles. The number of hydrogen-bond acceptors (Lipinski definition) is 4. The molecule has 3 rings (SSSR count).